The van der Waals surface area contributed by atoms with Gasteiger partial charge in [0.1, 0.15) is 0 Å². The maximum atomic E-state index is 7.17. The molecule has 0 fully saturated rings. The third-order valence-electron chi connectivity index (χ3n) is 11.2. The van der Waals surface area contributed by atoms with Crippen molar-refractivity contribution in [3.05, 3.63) is 214 Å². The van der Waals surface area contributed by atoms with Crippen LogP contribution < -0.4 is 10.2 Å². The molecule has 1 aliphatic heterocycles. The van der Waals surface area contributed by atoms with Crippen molar-refractivity contribution in [2.45, 2.75) is 106 Å². The maximum absolute atomic E-state index is 7.17. The van der Waals surface area contributed by atoms with Crippen LogP contribution in [0.15, 0.2) is 170 Å². The lowest BCUT2D eigenvalue weighted by atomic mass is 9.75. The zero-order valence-corrected chi connectivity index (χ0v) is 38.7. The molecule has 5 rings (SSSR count). The van der Waals surface area contributed by atoms with E-state index in [1.165, 1.54) is 44.5 Å². The standard InChI is InChI=1S/C58H67BN2/c1-13-18-20-21-22-24-44-29-32-48(53(39-44)60-47-30-26-40(6)27-31-47)51-37-42(8)38-55(43(9)59)61(54-35-28-41(7)36-50(54)45(16-4)25-19-14-2)57-49(51)33-34-52(58(10,11)12)56(57)46(17-5)23-15-3/h14-23,25-39,43,51,60H,2,13,24H2,1,3-12H3/b20-18-,22-21-,23-15-,25-19-,42-37-,45-16+,46-17+,55-38+. The van der Waals surface area contributed by atoms with Crippen LogP contribution in [-0.4, -0.2) is 7.85 Å². The van der Waals surface area contributed by atoms with E-state index in [1.807, 2.05) is 12.2 Å². The van der Waals surface area contributed by atoms with Gasteiger partial charge in [-0.2, -0.15) is 0 Å². The molecule has 61 heavy (non-hydrogen) atoms. The molecule has 0 saturated carbocycles. The second-order valence-corrected chi connectivity index (χ2v) is 17.2. The van der Waals surface area contributed by atoms with E-state index in [2.05, 4.69) is 233 Å². The molecule has 0 saturated heterocycles. The van der Waals surface area contributed by atoms with E-state index in [-0.39, 0.29) is 17.2 Å². The fourth-order valence-corrected chi connectivity index (χ4v) is 8.19. The Bertz CT molecular complexity index is 2430. The number of rotatable bonds is 14. The number of fused-ring (bicyclic) bond motifs is 1. The Morgan fingerprint density at radius 1 is 0.820 bits per heavy atom. The normalized spacial score (nSPS) is 17.6. The number of nitrogens with one attached hydrogen (secondary N) is 1. The highest BCUT2D eigenvalue weighted by Crippen LogP contribution is 2.52. The van der Waals surface area contributed by atoms with Crippen molar-refractivity contribution in [2.24, 2.45) is 0 Å². The Morgan fingerprint density at radius 2 is 1.51 bits per heavy atom. The Hall–Kier alpha value is -5.80. The average molecular weight is 803 g/mol. The summed E-state index contributed by atoms with van der Waals surface area (Å²) in [4.78, 5) is 2.50. The SMILES string of the molecule is [B]C(C)/C1=C\C(C)=C/C(c2ccc(C/C=C\C=C/CC)cc2Nc2ccc(C)cc2)c2ccc(C(C)(C)C)c(C(/C=C\C)=C/C)c2N1c1ccc(C)cc1C(/C=C\C=C)=C/C. The molecule has 0 spiro atoms. The molecule has 4 aromatic rings. The molecular formula is C58H67BN2. The van der Waals surface area contributed by atoms with Crippen molar-refractivity contribution in [2.75, 3.05) is 10.2 Å². The van der Waals surface area contributed by atoms with Crippen LogP contribution in [0.3, 0.4) is 0 Å². The van der Waals surface area contributed by atoms with E-state index in [0.717, 1.165) is 58.0 Å². The molecular weight excluding hydrogens is 735 g/mol. The Labute approximate surface area is 370 Å². The lowest BCUT2D eigenvalue weighted by Crippen LogP contribution is -2.27. The van der Waals surface area contributed by atoms with Gasteiger partial charge in [-0.3, -0.25) is 0 Å². The van der Waals surface area contributed by atoms with Crippen LogP contribution in [0.25, 0.3) is 11.1 Å². The topological polar surface area (TPSA) is 15.3 Å². The Morgan fingerprint density at radius 3 is 2.15 bits per heavy atom. The summed E-state index contributed by atoms with van der Waals surface area (Å²) in [5, 5.41) is 3.90. The Balaban J connectivity index is 1.98. The van der Waals surface area contributed by atoms with Gasteiger partial charge in [-0.1, -0.05) is 173 Å². The number of allylic oxidation sites excluding steroid dienone is 17. The molecule has 2 radical (unpaired) electrons. The first-order valence-electron chi connectivity index (χ1n) is 22.0. The van der Waals surface area contributed by atoms with Gasteiger partial charge in [0.05, 0.1) is 19.2 Å². The van der Waals surface area contributed by atoms with Crippen LogP contribution in [0.5, 0.6) is 0 Å². The third kappa shape index (κ3) is 11.1. The van der Waals surface area contributed by atoms with Crippen LogP contribution in [0.2, 0.25) is 5.82 Å². The first-order chi connectivity index (χ1) is 29.3. The molecule has 1 heterocycles. The summed E-state index contributed by atoms with van der Waals surface area (Å²) < 4.78 is 0. The molecule has 0 aromatic heterocycles. The molecule has 2 unspecified atom stereocenters. The van der Waals surface area contributed by atoms with Crippen LogP contribution in [-0.2, 0) is 11.8 Å². The summed E-state index contributed by atoms with van der Waals surface area (Å²) in [6.45, 7) is 28.1. The smallest absolute Gasteiger partial charge is 0.0780 e. The van der Waals surface area contributed by atoms with Crippen LogP contribution in [0.1, 0.15) is 119 Å². The van der Waals surface area contributed by atoms with Gasteiger partial charge in [0.25, 0.3) is 0 Å². The largest absolute Gasteiger partial charge is 0.355 e. The highest BCUT2D eigenvalue weighted by Gasteiger charge is 2.34. The van der Waals surface area contributed by atoms with E-state index >= 15 is 0 Å². The van der Waals surface area contributed by atoms with Crippen LogP contribution in [0.4, 0.5) is 22.7 Å². The Kier molecular flexibility index (Phi) is 16.0. The fourth-order valence-electron chi connectivity index (χ4n) is 8.19. The van der Waals surface area contributed by atoms with Gasteiger partial charge in [0, 0.05) is 34.1 Å². The second-order valence-electron chi connectivity index (χ2n) is 17.2. The van der Waals surface area contributed by atoms with Crippen molar-refractivity contribution in [1.82, 2.24) is 0 Å². The van der Waals surface area contributed by atoms with Gasteiger partial charge in [0.2, 0.25) is 0 Å². The second kappa shape index (κ2) is 21.1. The van der Waals surface area contributed by atoms with E-state index in [4.69, 9.17) is 7.85 Å². The van der Waals surface area contributed by atoms with Crippen molar-refractivity contribution in [3.63, 3.8) is 0 Å². The first-order valence-corrected chi connectivity index (χ1v) is 22.0. The molecule has 0 bridgehead atoms. The summed E-state index contributed by atoms with van der Waals surface area (Å²) in [6, 6.07) is 27.3. The molecule has 1 aliphatic rings. The lowest BCUT2D eigenvalue weighted by Gasteiger charge is -2.40. The van der Waals surface area contributed by atoms with Crippen molar-refractivity contribution in [1.29, 1.82) is 0 Å². The molecule has 0 aliphatic carbocycles. The van der Waals surface area contributed by atoms with E-state index < -0.39 is 0 Å². The number of hydrogen-bond acceptors (Lipinski definition) is 2. The van der Waals surface area contributed by atoms with E-state index in [1.54, 1.807) is 0 Å². The van der Waals surface area contributed by atoms with E-state index in [0.29, 0.717) is 0 Å². The van der Waals surface area contributed by atoms with Gasteiger partial charge < -0.3 is 10.2 Å². The van der Waals surface area contributed by atoms with Gasteiger partial charge in [-0.25, -0.2) is 0 Å². The molecule has 2 nitrogen and oxygen atoms in total. The van der Waals surface area contributed by atoms with Crippen LogP contribution in [0, 0.1) is 13.8 Å². The summed E-state index contributed by atoms with van der Waals surface area (Å²) in [5.41, 5.74) is 18.3. The minimum atomic E-state index is -0.292. The van der Waals surface area contributed by atoms with Gasteiger partial charge in [-0.15, -0.1) is 0 Å². The van der Waals surface area contributed by atoms with Crippen LogP contribution >= 0.6 is 0 Å². The zero-order chi connectivity index (χ0) is 44.3. The average Bonchev–Trinajstić information content (AvgIpc) is 3.22. The third-order valence-corrected chi connectivity index (χ3v) is 11.2. The highest BCUT2D eigenvalue weighted by molar-refractivity contribution is 6.14. The minimum absolute atomic E-state index is 0.124. The highest BCUT2D eigenvalue weighted by atomic mass is 15.2. The lowest BCUT2D eigenvalue weighted by molar-refractivity contribution is 0.588. The number of hydrogen-bond donors (Lipinski definition) is 1. The monoisotopic (exact) mass is 803 g/mol. The number of anilines is 4. The number of nitrogens with zero attached hydrogens (tertiary/aromatic N) is 1. The van der Waals surface area contributed by atoms with Gasteiger partial charge >= 0.3 is 0 Å². The maximum Gasteiger partial charge on any atom is 0.0780 e. The summed E-state index contributed by atoms with van der Waals surface area (Å²) in [5.74, 6) is -0.416. The van der Waals surface area contributed by atoms with Gasteiger partial charge in [0.15, 0.2) is 0 Å². The summed E-state index contributed by atoms with van der Waals surface area (Å²) in [6.07, 6.45) is 30.2. The minimum Gasteiger partial charge on any atom is -0.355 e. The molecule has 4 aromatic carbocycles. The fraction of sp³-hybridized carbons (Fsp3) is 0.276. The molecule has 3 heteroatoms. The quantitative estimate of drug-likeness (QED) is 0.101. The van der Waals surface area contributed by atoms with Crippen molar-refractivity contribution < 1.29 is 0 Å². The predicted octanol–water partition coefficient (Wildman–Crippen LogP) is 16.6. The van der Waals surface area contributed by atoms with Crippen molar-refractivity contribution in [3.8, 4) is 0 Å². The molecule has 2 atom stereocenters. The summed E-state index contributed by atoms with van der Waals surface area (Å²) >= 11 is 0. The zero-order valence-electron chi connectivity index (χ0n) is 38.7. The molecule has 1 N–H and O–H groups in total. The number of benzene rings is 4. The first kappa shape index (κ1) is 46.3. The predicted molar refractivity (Wildman–Crippen MR) is 272 cm³/mol. The number of aryl methyl sites for hydroxylation is 2. The summed E-state index contributed by atoms with van der Waals surface area (Å²) in [7, 11) is 7.17. The molecule has 312 valence electrons. The van der Waals surface area contributed by atoms with E-state index in [9.17, 15) is 0 Å². The van der Waals surface area contributed by atoms with Gasteiger partial charge in [-0.05, 0) is 135 Å². The van der Waals surface area contributed by atoms with Crippen molar-refractivity contribution >= 4 is 41.7 Å². The molecule has 0 amide bonds.